The molecular weight excluding hydrogens is 302 g/mol. The maximum Gasteiger partial charge on any atom is 0.314 e. The first-order valence-corrected chi connectivity index (χ1v) is 9.17. The third kappa shape index (κ3) is 4.48. The van der Waals surface area contributed by atoms with Crippen molar-refractivity contribution in [2.24, 2.45) is 0 Å². The van der Waals surface area contributed by atoms with E-state index in [1.54, 1.807) is 0 Å². The number of rotatable bonds is 7. The normalized spacial score (nSPS) is 20.2. The average molecular weight is 331 g/mol. The van der Waals surface area contributed by atoms with Crippen molar-refractivity contribution in [3.63, 3.8) is 0 Å². The number of carbonyl (C=O) groups is 1. The Hall–Kier alpha value is -1.59. The Morgan fingerprint density at radius 1 is 1.12 bits per heavy atom. The van der Waals surface area contributed by atoms with E-state index in [0.29, 0.717) is 6.54 Å². The highest BCUT2D eigenvalue weighted by Gasteiger charge is 2.42. The van der Waals surface area contributed by atoms with Crippen LogP contribution in [0.5, 0.6) is 0 Å². The molecule has 0 unspecified atom stereocenters. The van der Waals surface area contributed by atoms with Crippen LogP contribution in [0.25, 0.3) is 0 Å². The first kappa shape index (κ1) is 17.2. The van der Waals surface area contributed by atoms with E-state index in [4.69, 9.17) is 4.74 Å². The zero-order valence-corrected chi connectivity index (χ0v) is 14.4. The molecule has 0 radical (unpaired) electrons. The Bertz CT molecular complexity index is 511. The molecule has 1 heterocycles. The summed E-state index contributed by atoms with van der Waals surface area (Å²) in [5.74, 6) is 0. The molecule has 0 bridgehead atoms. The predicted octanol–water partition coefficient (Wildman–Crippen LogP) is 2.17. The predicted molar refractivity (Wildman–Crippen MR) is 95.1 cm³/mol. The van der Waals surface area contributed by atoms with Gasteiger partial charge in [-0.2, -0.15) is 0 Å². The van der Waals surface area contributed by atoms with Gasteiger partial charge in [-0.3, -0.25) is 4.90 Å². The highest BCUT2D eigenvalue weighted by atomic mass is 16.5. The van der Waals surface area contributed by atoms with E-state index >= 15 is 0 Å². The highest BCUT2D eigenvalue weighted by Crippen LogP contribution is 2.37. The number of nitrogens with zero attached hydrogens (tertiary/aromatic N) is 1. The van der Waals surface area contributed by atoms with Gasteiger partial charge in [-0.25, -0.2) is 4.79 Å². The third-order valence-corrected chi connectivity index (χ3v) is 5.31. The van der Waals surface area contributed by atoms with Crippen molar-refractivity contribution in [1.29, 1.82) is 0 Å². The lowest BCUT2D eigenvalue weighted by Crippen LogP contribution is -2.63. The fourth-order valence-corrected chi connectivity index (χ4v) is 3.67. The maximum absolute atomic E-state index is 12.1. The van der Waals surface area contributed by atoms with Crippen LogP contribution in [0.2, 0.25) is 0 Å². The van der Waals surface area contributed by atoms with Crippen LogP contribution in [0.3, 0.4) is 0 Å². The molecule has 2 N–H and O–H groups in total. The number of benzene rings is 1. The number of morpholine rings is 1. The molecule has 0 atom stereocenters. The smallest absolute Gasteiger partial charge is 0.314 e. The third-order valence-electron chi connectivity index (χ3n) is 5.31. The Morgan fingerprint density at radius 2 is 1.88 bits per heavy atom. The summed E-state index contributed by atoms with van der Waals surface area (Å²) in [7, 11) is 0. The van der Waals surface area contributed by atoms with E-state index < -0.39 is 0 Å². The topological polar surface area (TPSA) is 53.6 Å². The van der Waals surface area contributed by atoms with Crippen LogP contribution in [0.4, 0.5) is 4.79 Å². The Balaban J connectivity index is 1.34. The van der Waals surface area contributed by atoms with Crippen LogP contribution < -0.4 is 10.6 Å². The molecule has 1 aliphatic heterocycles. The summed E-state index contributed by atoms with van der Waals surface area (Å²) in [6.45, 7) is 5.06. The van der Waals surface area contributed by atoms with Crippen LogP contribution in [0, 0.1) is 0 Å². The van der Waals surface area contributed by atoms with E-state index in [9.17, 15) is 4.79 Å². The molecule has 132 valence electrons. The number of ether oxygens (including phenoxy) is 1. The number of carbonyl (C=O) groups excluding carboxylic acids is 1. The Kier molecular flexibility index (Phi) is 6.10. The fourth-order valence-electron chi connectivity index (χ4n) is 3.67. The van der Waals surface area contributed by atoms with Crippen molar-refractivity contribution in [2.45, 2.75) is 37.6 Å². The van der Waals surface area contributed by atoms with Gasteiger partial charge in [0.15, 0.2) is 0 Å². The minimum absolute atomic E-state index is 0.0393. The molecule has 0 aromatic heterocycles. The van der Waals surface area contributed by atoms with E-state index in [-0.39, 0.29) is 11.6 Å². The largest absolute Gasteiger partial charge is 0.379 e. The molecule has 1 aromatic carbocycles. The monoisotopic (exact) mass is 331 g/mol. The summed E-state index contributed by atoms with van der Waals surface area (Å²) in [5, 5.41) is 6.07. The first-order valence-electron chi connectivity index (χ1n) is 9.17. The van der Waals surface area contributed by atoms with Crippen LogP contribution in [-0.2, 0) is 11.2 Å². The zero-order valence-electron chi connectivity index (χ0n) is 14.4. The lowest BCUT2D eigenvalue weighted by Gasteiger charge is -2.51. The van der Waals surface area contributed by atoms with E-state index in [1.807, 2.05) is 6.07 Å². The van der Waals surface area contributed by atoms with Gasteiger partial charge in [0.2, 0.25) is 0 Å². The molecule has 2 amide bonds. The van der Waals surface area contributed by atoms with Crippen molar-refractivity contribution in [2.75, 3.05) is 39.4 Å². The molecule has 5 heteroatoms. The first-order chi connectivity index (χ1) is 11.8. The minimum Gasteiger partial charge on any atom is -0.379 e. The summed E-state index contributed by atoms with van der Waals surface area (Å²) in [5.41, 5.74) is 1.49. The second-order valence-electron chi connectivity index (χ2n) is 6.88. The van der Waals surface area contributed by atoms with Crippen LogP contribution in [0.1, 0.15) is 31.2 Å². The van der Waals surface area contributed by atoms with Gasteiger partial charge in [0.25, 0.3) is 0 Å². The fraction of sp³-hybridized carbons (Fsp3) is 0.632. The Morgan fingerprint density at radius 3 is 2.54 bits per heavy atom. The molecular formula is C19H29N3O2. The molecule has 1 saturated carbocycles. The van der Waals surface area contributed by atoms with Gasteiger partial charge in [-0.15, -0.1) is 0 Å². The van der Waals surface area contributed by atoms with Crippen molar-refractivity contribution in [1.82, 2.24) is 15.5 Å². The lowest BCUT2D eigenvalue weighted by atomic mass is 9.75. The van der Waals surface area contributed by atoms with Gasteiger partial charge < -0.3 is 15.4 Å². The maximum atomic E-state index is 12.1. The van der Waals surface area contributed by atoms with E-state index in [1.165, 1.54) is 24.8 Å². The van der Waals surface area contributed by atoms with Crippen LogP contribution >= 0.6 is 0 Å². The number of urea groups is 1. The summed E-state index contributed by atoms with van der Waals surface area (Å²) in [6, 6.07) is 10.4. The molecule has 0 spiro atoms. The van der Waals surface area contributed by atoms with Gasteiger partial charge in [-0.05, 0) is 37.7 Å². The molecule has 1 aliphatic carbocycles. The van der Waals surface area contributed by atoms with Crippen molar-refractivity contribution in [3.8, 4) is 0 Å². The van der Waals surface area contributed by atoms with Crippen molar-refractivity contribution < 1.29 is 9.53 Å². The number of hydrogen-bond donors (Lipinski definition) is 2. The van der Waals surface area contributed by atoms with Gasteiger partial charge in [0, 0.05) is 31.7 Å². The van der Waals surface area contributed by atoms with Crippen LogP contribution in [-0.4, -0.2) is 55.9 Å². The summed E-state index contributed by atoms with van der Waals surface area (Å²) in [6.07, 6.45) is 5.59. The Labute approximate surface area is 144 Å². The zero-order chi connectivity index (χ0) is 16.7. The molecule has 5 nitrogen and oxygen atoms in total. The second-order valence-corrected chi connectivity index (χ2v) is 6.88. The quantitative estimate of drug-likeness (QED) is 0.753. The van der Waals surface area contributed by atoms with Gasteiger partial charge in [0.1, 0.15) is 0 Å². The minimum atomic E-state index is -0.0393. The second kappa shape index (κ2) is 8.49. The summed E-state index contributed by atoms with van der Waals surface area (Å²) in [4.78, 5) is 14.6. The molecule has 24 heavy (non-hydrogen) atoms. The van der Waals surface area contributed by atoms with Gasteiger partial charge in [-0.1, -0.05) is 30.3 Å². The molecule has 1 aromatic rings. The van der Waals surface area contributed by atoms with Crippen molar-refractivity contribution >= 4 is 6.03 Å². The molecule has 1 saturated heterocycles. The lowest BCUT2D eigenvalue weighted by molar-refractivity contribution is -0.0536. The average Bonchev–Trinajstić information content (AvgIpc) is 2.60. The standard InChI is InChI=1S/C19H29N3O2/c23-18(20-11-4-8-17-6-2-1-3-7-17)21-16-19(9-5-10-19)22-12-14-24-15-13-22/h1-3,6-7H,4-5,8-16H2,(H2,20,21,23). The van der Waals surface area contributed by atoms with E-state index in [0.717, 1.165) is 45.7 Å². The number of aryl methyl sites for hydroxylation is 1. The van der Waals surface area contributed by atoms with Crippen molar-refractivity contribution in [3.05, 3.63) is 35.9 Å². The van der Waals surface area contributed by atoms with Gasteiger partial charge >= 0.3 is 6.03 Å². The number of hydrogen-bond acceptors (Lipinski definition) is 3. The molecule has 3 rings (SSSR count). The van der Waals surface area contributed by atoms with E-state index in [2.05, 4.69) is 39.8 Å². The summed E-state index contributed by atoms with van der Waals surface area (Å²) < 4.78 is 5.45. The molecule has 2 fully saturated rings. The highest BCUT2D eigenvalue weighted by molar-refractivity contribution is 5.73. The SMILES string of the molecule is O=C(NCCCc1ccccc1)NCC1(N2CCOCC2)CCC1. The number of nitrogens with one attached hydrogen (secondary N) is 2. The summed E-state index contributed by atoms with van der Waals surface area (Å²) >= 11 is 0. The van der Waals surface area contributed by atoms with Gasteiger partial charge in [0.05, 0.1) is 13.2 Å². The van der Waals surface area contributed by atoms with Crippen LogP contribution in [0.15, 0.2) is 30.3 Å². The number of amides is 2. The molecule has 2 aliphatic rings.